The maximum Gasteiger partial charge on any atom is 0.00388 e. The second-order valence-electron chi connectivity index (χ2n) is 4.25. The normalized spacial score (nSPS) is 21.6. The lowest BCUT2D eigenvalue weighted by Gasteiger charge is -2.42. The highest BCUT2D eigenvalue weighted by Crippen LogP contribution is 2.24. The van der Waals surface area contributed by atoms with Crippen LogP contribution >= 0.6 is 0 Å². The van der Waals surface area contributed by atoms with E-state index in [1.807, 2.05) is 0 Å². The van der Waals surface area contributed by atoms with Crippen LogP contribution < -0.4 is 0 Å². The fraction of sp³-hybridized carbons (Fsp3) is 0.818. The lowest BCUT2D eigenvalue weighted by Crippen LogP contribution is -2.50. The van der Waals surface area contributed by atoms with Gasteiger partial charge in [0.1, 0.15) is 0 Å². The number of allylic oxidation sites excluding steroid dienone is 2. The Bertz CT molecular complexity index is 164. The molecule has 0 aromatic heterocycles. The van der Waals surface area contributed by atoms with Gasteiger partial charge < -0.3 is 4.90 Å². The van der Waals surface area contributed by atoms with Crippen LogP contribution in [0.5, 0.6) is 0 Å². The highest BCUT2D eigenvalue weighted by molar-refractivity contribution is 5.00. The third-order valence-electron chi connectivity index (χ3n) is 2.82. The zero-order valence-electron chi connectivity index (χ0n) is 8.80. The van der Waals surface area contributed by atoms with Crippen LogP contribution in [0.2, 0.25) is 0 Å². The summed E-state index contributed by atoms with van der Waals surface area (Å²) in [6.07, 6.45) is 3.54. The van der Waals surface area contributed by atoms with Crippen molar-refractivity contribution in [3.05, 3.63) is 11.6 Å². The maximum absolute atomic E-state index is 2.54. The third-order valence-corrected chi connectivity index (χ3v) is 2.82. The first-order valence-electron chi connectivity index (χ1n) is 4.99. The Morgan fingerprint density at radius 3 is 2.50 bits per heavy atom. The molecule has 0 unspecified atom stereocenters. The van der Waals surface area contributed by atoms with E-state index in [4.69, 9.17) is 0 Å². The van der Waals surface area contributed by atoms with E-state index in [1.54, 1.807) is 5.57 Å². The summed E-state index contributed by atoms with van der Waals surface area (Å²) in [5, 5.41) is 0. The average molecular weight is 167 g/mol. The minimum Gasteiger partial charge on any atom is -0.300 e. The molecular weight excluding hydrogens is 146 g/mol. The van der Waals surface area contributed by atoms with E-state index in [-0.39, 0.29) is 0 Å². The van der Waals surface area contributed by atoms with Crippen molar-refractivity contribution in [2.45, 2.75) is 40.2 Å². The van der Waals surface area contributed by atoms with Gasteiger partial charge in [-0.3, -0.25) is 0 Å². The smallest absolute Gasteiger partial charge is 0.00388 e. The lowest BCUT2D eigenvalue weighted by atomic mass is 9.91. The largest absolute Gasteiger partial charge is 0.300 e. The van der Waals surface area contributed by atoms with Crippen LogP contribution in [0.15, 0.2) is 11.6 Å². The van der Waals surface area contributed by atoms with E-state index < -0.39 is 0 Å². The fourth-order valence-corrected chi connectivity index (χ4v) is 1.73. The molecule has 0 radical (unpaired) electrons. The van der Waals surface area contributed by atoms with Crippen LogP contribution in [-0.4, -0.2) is 24.0 Å². The predicted octanol–water partition coefficient (Wildman–Crippen LogP) is 2.68. The van der Waals surface area contributed by atoms with Crippen LogP contribution in [0.25, 0.3) is 0 Å². The minimum atomic E-state index is 0.743. The van der Waals surface area contributed by atoms with E-state index in [0.717, 1.165) is 12.0 Å². The number of hydrogen-bond donors (Lipinski definition) is 0. The van der Waals surface area contributed by atoms with Crippen molar-refractivity contribution in [2.75, 3.05) is 13.1 Å². The first kappa shape index (κ1) is 9.79. The van der Waals surface area contributed by atoms with Crippen LogP contribution in [0.1, 0.15) is 34.1 Å². The van der Waals surface area contributed by atoms with Gasteiger partial charge in [-0.1, -0.05) is 11.6 Å². The Hall–Kier alpha value is -0.300. The van der Waals surface area contributed by atoms with Gasteiger partial charge in [0.25, 0.3) is 0 Å². The Balaban J connectivity index is 2.18. The van der Waals surface area contributed by atoms with Gasteiger partial charge in [-0.05, 0) is 40.0 Å². The highest BCUT2D eigenvalue weighted by atomic mass is 15.2. The molecule has 1 nitrogen and oxygen atoms in total. The zero-order valence-corrected chi connectivity index (χ0v) is 8.80. The van der Waals surface area contributed by atoms with Gasteiger partial charge in [0.15, 0.2) is 0 Å². The van der Waals surface area contributed by atoms with E-state index in [2.05, 4.69) is 38.7 Å². The van der Waals surface area contributed by atoms with Gasteiger partial charge in [-0.2, -0.15) is 0 Å². The van der Waals surface area contributed by atoms with Crippen LogP contribution in [0.4, 0.5) is 0 Å². The molecule has 0 amide bonds. The first-order valence-corrected chi connectivity index (χ1v) is 4.99. The molecule has 0 aliphatic carbocycles. The van der Waals surface area contributed by atoms with Crippen LogP contribution in [0, 0.1) is 5.92 Å². The fourth-order valence-electron chi connectivity index (χ4n) is 1.73. The molecule has 1 saturated heterocycles. The predicted molar refractivity (Wildman–Crippen MR) is 54.2 cm³/mol. The van der Waals surface area contributed by atoms with Gasteiger partial charge in [-0.25, -0.2) is 0 Å². The Morgan fingerprint density at radius 1 is 1.50 bits per heavy atom. The van der Waals surface area contributed by atoms with Crippen molar-refractivity contribution in [3.8, 4) is 0 Å². The van der Waals surface area contributed by atoms with Gasteiger partial charge in [0, 0.05) is 19.1 Å². The lowest BCUT2D eigenvalue weighted by molar-refractivity contribution is 0.0681. The van der Waals surface area contributed by atoms with Crippen molar-refractivity contribution in [1.29, 1.82) is 0 Å². The second kappa shape index (κ2) is 4.08. The van der Waals surface area contributed by atoms with Gasteiger partial charge >= 0.3 is 0 Å². The van der Waals surface area contributed by atoms with Crippen molar-refractivity contribution < 1.29 is 0 Å². The maximum atomic E-state index is 2.54. The van der Waals surface area contributed by atoms with Gasteiger partial charge in [-0.15, -0.1) is 0 Å². The minimum absolute atomic E-state index is 0.743. The number of hydrogen-bond acceptors (Lipinski definition) is 1. The molecule has 0 spiro atoms. The van der Waals surface area contributed by atoms with E-state index >= 15 is 0 Å². The molecular formula is C11H21N. The molecule has 1 aliphatic heterocycles. The molecule has 12 heavy (non-hydrogen) atoms. The topological polar surface area (TPSA) is 3.24 Å². The molecule has 1 heteroatoms. The Morgan fingerprint density at radius 2 is 2.08 bits per heavy atom. The van der Waals surface area contributed by atoms with Crippen molar-refractivity contribution in [3.63, 3.8) is 0 Å². The summed E-state index contributed by atoms with van der Waals surface area (Å²) in [7, 11) is 0. The summed E-state index contributed by atoms with van der Waals surface area (Å²) in [4.78, 5) is 2.54. The van der Waals surface area contributed by atoms with Crippen molar-refractivity contribution in [1.82, 2.24) is 4.90 Å². The number of likely N-dealkylation sites (tertiary alicyclic amines) is 1. The molecule has 1 heterocycles. The first-order chi connectivity index (χ1) is 5.63. The summed E-state index contributed by atoms with van der Waals surface area (Å²) < 4.78 is 0. The van der Waals surface area contributed by atoms with Gasteiger partial charge in [0.2, 0.25) is 0 Å². The Kier molecular flexibility index (Phi) is 3.33. The average Bonchev–Trinajstić information content (AvgIpc) is 1.94. The molecule has 0 N–H and O–H groups in total. The molecule has 70 valence electrons. The summed E-state index contributed by atoms with van der Waals surface area (Å²) in [6.45, 7) is 11.5. The van der Waals surface area contributed by atoms with E-state index in [0.29, 0.717) is 0 Å². The highest BCUT2D eigenvalue weighted by Gasteiger charge is 2.27. The molecule has 0 aromatic rings. The van der Waals surface area contributed by atoms with Crippen molar-refractivity contribution in [2.24, 2.45) is 5.92 Å². The van der Waals surface area contributed by atoms with Crippen LogP contribution in [-0.2, 0) is 0 Å². The molecule has 0 saturated carbocycles. The molecule has 1 fully saturated rings. The van der Waals surface area contributed by atoms with E-state index in [9.17, 15) is 0 Å². The monoisotopic (exact) mass is 167 g/mol. The molecule has 0 aromatic carbocycles. The zero-order chi connectivity index (χ0) is 9.14. The molecule has 0 atom stereocenters. The summed E-state index contributed by atoms with van der Waals surface area (Å²) >= 11 is 0. The second-order valence-corrected chi connectivity index (χ2v) is 4.25. The summed E-state index contributed by atoms with van der Waals surface area (Å²) in [5.41, 5.74) is 1.54. The van der Waals surface area contributed by atoms with Crippen molar-refractivity contribution >= 4 is 0 Å². The quantitative estimate of drug-likeness (QED) is 0.584. The SMILES string of the molecule is C/C=C(\C)CC1CN(C(C)C)C1. The van der Waals surface area contributed by atoms with Gasteiger partial charge in [0.05, 0.1) is 0 Å². The molecule has 0 bridgehead atoms. The summed E-state index contributed by atoms with van der Waals surface area (Å²) in [6, 6.07) is 0.743. The standard InChI is InChI=1S/C11H21N/c1-5-10(4)6-11-7-12(8-11)9(2)3/h5,9,11H,6-8H2,1-4H3/b10-5+. The summed E-state index contributed by atoms with van der Waals surface area (Å²) in [5.74, 6) is 0.934. The van der Waals surface area contributed by atoms with E-state index in [1.165, 1.54) is 19.5 Å². The number of nitrogens with zero attached hydrogens (tertiary/aromatic N) is 1. The number of rotatable bonds is 3. The molecule has 1 aliphatic rings. The van der Waals surface area contributed by atoms with Crippen LogP contribution in [0.3, 0.4) is 0 Å². The molecule has 1 rings (SSSR count). The Labute approximate surface area is 76.5 Å². The third kappa shape index (κ3) is 2.34.